The number of carbonyl (C=O) groups excluding carboxylic acids is 1. The van der Waals surface area contributed by atoms with Gasteiger partial charge in [0.15, 0.2) is 5.65 Å². The van der Waals surface area contributed by atoms with Gasteiger partial charge in [0.1, 0.15) is 11.6 Å². The van der Waals surface area contributed by atoms with Crippen molar-refractivity contribution < 1.29 is 18.3 Å². The summed E-state index contributed by atoms with van der Waals surface area (Å²) in [4.78, 5) is 18.6. The number of hydrogen-bond acceptors (Lipinski definition) is 5. The van der Waals surface area contributed by atoms with E-state index >= 15 is 0 Å². The Morgan fingerprint density at radius 3 is 2.74 bits per heavy atom. The van der Waals surface area contributed by atoms with Gasteiger partial charge in [0.05, 0.1) is 24.9 Å². The van der Waals surface area contributed by atoms with Gasteiger partial charge in [-0.2, -0.15) is 5.10 Å². The maximum Gasteiger partial charge on any atom is 0.273 e. The van der Waals surface area contributed by atoms with Gasteiger partial charge >= 0.3 is 0 Å². The first-order valence-corrected chi connectivity index (χ1v) is 13.1. The smallest absolute Gasteiger partial charge is 0.273 e. The molecule has 1 unspecified atom stereocenters. The van der Waals surface area contributed by atoms with E-state index in [1.807, 2.05) is 30.0 Å². The molecule has 38 heavy (non-hydrogen) atoms. The molecule has 1 aliphatic carbocycles. The number of amides is 1. The minimum absolute atomic E-state index is 0.102. The Morgan fingerprint density at radius 1 is 1.21 bits per heavy atom. The largest absolute Gasteiger partial charge is 0.496 e. The topological polar surface area (TPSA) is 71.8 Å². The van der Waals surface area contributed by atoms with Crippen LogP contribution in [0.4, 0.5) is 14.6 Å². The molecule has 1 saturated heterocycles. The van der Waals surface area contributed by atoms with Crippen LogP contribution in [0.15, 0.2) is 42.6 Å². The molecule has 4 aromatic rings. The van der Waals surface area contributed by atoms with Crippen LogP contribution in [0.2, 0.25) is 0 Å². The van der Waals surface area contributed by atoms with Crippen molar-refractivity contribution >= 4 is 28.3 Å². The lowest BCUT2D eigenvalue weighted by atomic mass is 9.88. The Morgan fingerprint density at radius 2 is 2.00 bits per heavy atom. The fraction of sp³-hybridized carbons (Fsp3) is 0.414. The number of rotatable bonds is 5. The lowest BCUT2D eigenvalue weighted by Crippen LogP contribution is -2.36. The third-order valence-corrected chi connectivity index (χ3v) is 8.18. The highest BCUT2D eigenvalue weighted by molar-refractivity contribution is 5.93. The summed E-state index contributed by atoms with van der Waals surface area (Å²) in [6.07, 6.45) is 3.62. The van der Waals surface area contributed by atoms with E-state index in [-0.39, 0.29) is 29.9 Å². The minimum atomic E-state index is -2.78. The first kappa shape index (κ1) is 24.6. The zero-order chi connectivity index (χ0) is 26.6. The molecule has 0 spiro atoms. The maximum atomic E-state index is 14.4. The summed E-state index contributed by atoms with van der Waals surface area (Å²) in [5, 5.41) is 8.90. The van der Waals surface area contributed by atoms with E-state index < -0.39 is 5.92 Å². The van der Waals surface area contributed by atoms with Gasteiger partial charge in [-0.3, -0.25) is 4.79 Å². The van der Waals surface area contributed by atoms with Gasteiger partial charge < -0.3 is 15.0 Å². The lowest BCUT2D eigenvalue weighted by Gasteiger charge is -2.32. The van der Waals surface area contributed by atoms with Crippen molar-refractivity contribution in [3.05, 3.63) is 64.8 Å². The Hall–Kier alpha value is -3.75. The van der Waals surface area contributed by atoms with Crippen LogP contribution < -0.4 is 10.1 Å². The van der Waals surface area contributed by atoms with Crippen LogP contribution in [0.1, 0.15) is 67.3 Å². The number of alkyl halides is 2. The Balaban J connectivity index is 1.42. The summed E-state index contributed by atoms with van der Waals surface area (Å²) in [6.45, 7) is 5.02. The molecule has 1 atom stereocenters. The van der Waals surface area contributed by atoms with Gasteiger partial charge in [0.25, 0.3) is 5.92 Å². The monoisotopic (exact) mass is 519 g/mol. The van der Waals surface area contributed by atoms with Gasteiger partial charge in [-0.25, -0.2) is 18.3 Å². The van der Waals surface area contributed by atoms with Crippen LogP contribution in [0.5, 0.6) is 5.75 Å². The van der Waals surface area contributed by atoms with Crippen LogP contribution in [-0.2, 0) is 17.1 Å². The summed E-state index contributed by atoms with van der Waals surface area (Å²) < 4.78 is 36.5. The van der Waals surface area contributed by atoms with Crippen molar-refractivity contribution in [3.8, 4) is 5.75 Å². The molecule has 2 aromatic carbocycles. The summed E-state index contributed by atoms with van der Waals surface area (Å²) in [5.74, 6) is -0.986. The van der Waals surface area contributed by atoms with Crippen LogP contribution in [0.3, 0.4) is 0 Å². The average Bonchev–Trinajstić information content (AvgIpc) is 3.52. The van der Waals surface area contributed by atoms with Gasteiger partial charge in [-0.05, 0) is 54.9 Å². The number of carbonyl (C=O) groups is 1. The van der Waals surface area contributed by atoms with Crippen molar-refractivity contribution in [3.63, 3.8) is 0 Å². The van der Waals surface area contributed by atoms with Crippen molar-refractivity contribution in [1.82, 2.24) is 19.5 Å². The summed E-state index contributed by atoms with van der Waals surface area (Å²) in [5.41, 5.74) is 4.34. The first-order chi connectivity index (χ1) is 18.3. The molecule has 1 N–H and O–H groups in total. The Bertz CT molecular complexity index is 1540. The number of anilines is 1. The van der Waals surface area contributed by atoms with Crippen LogP contribution >= 0.6 is 0 Å². The standard InChI is InChI=1S/C29H31F2N5O2/c1-17(20-5-4-6-24-21(20)7-11-29(24,30)31)33-28-23-15-22(19-9-13-35(14-10-19)18(2)37)26(38-3)16-25(23)36-27(34-28)8-12-32-36/h4-6,8,12,15-17,19H,7,9-11,13-14H2,1-3H3,(H,33,34). The summed E-state index contributed by atoms with van der Waals surface area (Å²) >= 11 is 0. The highest BCUT2D eigenvalue weighted by Crippen LogP contribution is 2.44. The molecule has 0 radical (unpaired) electrons. The van der Waals surface area contributed by atoms with Gasteiger partial charge in [0, 0.05) is 49.5 Å². The number of ether oxygens (including phenoxy) is 1. The quantitative estimate of drug-likeness (QED) is 0.359. The van der Waals surface area contributed by atoms with Crippen LogP contribution in [-0.4, -0.2) is 45.6 Å². The second-order valence-electron chi connectivity index (χ2n) is 10.4. The number of fused-ring (bicyclic) bond motifs is 4. The van der Waals surface area contributed by atoms with Crippen molar-refractivity contribution in [2.24, 2.45) is 0 Å². The fourth-order valence-electron chi connectivity index (χ4n) is 6.13. The zero-order valence-electron chi connectivity index (χ0n) is 21.8. The second-order valence-corrected chi connectivity index (χ2v) is 10.4. The minimum Gasteiger partial charge on any atom is -0.496 e. The van der Waals surface area contributed by atoms with E-state index in [2.05, 4.69) is 16.5 Å². The molecular formula is C29H31F2N5O2. The van der Waals surface area contributed by atoms with E-state index in [1.165, 1.54) is 0 Å². The van der Waals surface area contributed by atoms with E-state index in [4.69, 9.17) is 9.72 Å². The normalized spacial score (nSPS) is 18.1. The van der Waals surface area contributed by atoms with Crippen LogP contribution in [0, 0.1) is 0 Å². The van der Waals surface area contributed by atoms with E-state index in [0.717, 1.165) is 46.2 Å². The van der Waals surface area contributed by atoms with E-state index in [0.29, 0.717) is 31.0 Å². The molecule has 2 aromatic heterocycles. The number of halogens is 2. The number of benzene rings is 2. The van der Waals surface area contributed by atoms with Crippen molar-refractivity contribution in [2.75, 3.05) is 25.5 Å². The third-order valence-electron chi connectivity index (χ3n) is 8.18. The third kappa shape index (κ3) is 4.04. The maximum absolute atomic E-state index is 14.4. The van der Waals surface area contributed by atoms with E-state index in [9.17, 15) is 13.6 Å². The SMILES string of the molecule is COc1cc2c(cc1C1CCN(C(C)=O)CC1)c(NC(C)c1cccc3c1CCC3(F)F)nc1ccnn12. The number of nitrogens with zero attached hydrogens (tertiary/aromatic N) is 4. The molecular weight excluding hydrogens is 488 g/mol. The van der Waals surface area contributed by atoms with Crippen molar-refractivity contribution in [1.29, 1.82) is 0 Å². The van der Waals surface area contributed by atoms with Crippen molar-refractivity contribution in [2.45, 2.75) is 57.4 Å². The van der Waals surface area contributed by atoms with Gasteiger partial charge in [0.2, 0.25) is 5.91 Å². The first-order valence-electron chi connectivity index (χ1n) is 13.1. The molecule has 2 aliphatic rings. The molecule has 198 valence electrons. The number of aromatic nitrogens is 3. The molecule has 3 heterocycles. The second kappa shape index (κ2) is 9.22. The highest BCUT2D eigenvalue weighted by atomic mass is 19.3. The molecule has 1 amide bonds. The number of methoxy groups -OCH3 is 1. The molecule has 0 saturated carbocycles. The molecule has 0 bridgehead atoms. The summed E-state index contributed by atoms with van der Waals surface area (Å²) in [6, 6.07) is 10.9. The molecule has 6 rings (SSSR count). The predicted octanol–water partition coefficient (Wildman–Crippen LogP) is 5.83. The fourth-order valence-corrected chi connectivity index (χ4v) is 6.13. The molecule has 1 fully saturated rings. The van der Waals surface area contributed by atoms with Gasteiger partial charge in [-0.1, -0.05) is 18.2 Å². The highest BCUT2D eigenvalue weighted by Gasteiger charge is 2.40. The Labute approximate surface area is 219 Å². The zero-order valence-corrected chi connectivity index (χ0v) is 21.8. The number of hydrogen-bond donors (Lipinski definition) is 1. The molecule has 9 heteroatoms. The Kier molecular flexibility index (Phi) is 5.96. The van der Waals surface area contributed by atoms with Crippen LogP contribution in [0.25, 0.3) is 16.6 Å². The number of nitrogens with one attached hydrogen (secondary N) is 1. The number of likely N-dealkylation sites (tertiary alicyclic amines) is 1. The summed E-state index contributed by atoms with van der Waals surface area (Å²) in [7, 11) is 1.67. The molecule has 1 aliphatic heterocycles. The lowest BCUT2D eigenvalue weighted by molar-refractivity contribution is -0.129. The average molecular weight is 520 g/mol. The predicted molar refractivity (Wildman–Crippen MR) is 142 cm³/mol. The number of piperidine rings is 1. The molecule has 7 nitrogen and oxygen atoms in total. The van der Waals surface area contributed by atoms with E-state index in [1.54, 1.807) is 36.9 Å². The van der Waals surface area contributed by atoms with Gasteiger partial charge in [-0.15, -0.1) is 0 Å².